The van der Waals surface area contributed by atoms with Gasteiger partial charge in [-0.3, -0.25) is 4.79 Å². The smallest absolute Gasteiger partial charge is 0.329 e. The number of carbonyl (C=O) groups excluding carboxylic acids is 1. The number of aliphatic carboxylic acids is 1. The number of amides is 1. The lowest BCUT2D eigenvalue weighted by Gasteiger charge is -2.36. The van der Waals surface area contributed by atoms with E-state index in [1.807, 2.05) is 6.92 Å². The molecule has 0 spiro atoms. The highest BCUT2D eigenvalue weighted by atomic mass is 16.4. The molecule has 0 saturated carbocycles. The summed E-state index contributed by atoms with van der Waals surface area (Å²) in [4.78, 5) is 23.8. The Morgan fingerprint density at radius 2 is 1.86 bits per heavy atom. The fourth-order valence-electron chi connectivity index (χ4n) is 1.76. The number of carboxylic acids is 1. The molecule has 4 nitrogen and oxygen atoms in total. The molecule has 0 radical (unpaired) electrons. The van der Waals surface area contributed by atoms with Gasteiger partial charge < -0.3 is 10.0 Å². The van der Waals surface area contributed by atoms with E-state index in [0.29, 0.717) is 13.0 Å². The molecule has 4 heteroatoms. The summed E-state index contributed by atoms with van der Waals surface area (Å²) < 4.78 is 0. The molecule has 0 aromatic heterocycles. The van der Waals surface area contributed by atoms with Crippen molar-refractivity contribution in [3.05, 3.63) is 0 Å². The minimum absolute atomic E-state index is 0.189. The third-order valence-corrected chi connectivity index (χ3v) is 2.49. The fourth-order valence-corrected chi connectivity index (χ4v) is 1.76. The molecule has 1 atom stereocenters. The van der Waals surface area contributed by atoms with E-state index in [1.165, 1.54) is 11.8 Å². The number of likely N-dealkylation sites (N-methyl/N-ethyl adjacent to an activating group) is 1. The third-order valence-electron chi connectivity index (χ3n) is 2.49. The van der Waals surface area contributed by atoms with Crippen LogP contribution in [0.1, 0.15) is 40.5 Å². The maximum atomic E-state index is 11.3. The lowest BCUT2D eigenvalue weighted by Crippen LogP contribution is -2.54. The van der Waals surface area contributed by atoms with Crippen LogP contribution in [0.2, 0.25) is 0 Å². The standard InChI is InChI=1S/C10H19NO3/c1-5-7-10(4,9(13)14)11(6-2)8(3)12/h5-7H2,1-4H3,(H,13,14). The summed E-state index contributed by atoms with van der Waals surface area (Å²) in [6.07, 6.45) is 1.22. The van der Waals surface area contributed by atoms with E-state index in [1.54, 1.807) is 13.8 Å². The van der Waals surface area contributed by atoms with Gasteiger partial charge in [0.15, 0.2) is 0 Å². The Morgan fingerprint density at radius 3 is 2.07 bits per heavy atom. The first-order valence-electron chi connectivity index (χ1n) is 4.91. The van der Waals surface area contributed by atoms with Gasteiger partial charge in [0, 0.05) is 13.5 Å². The number of nitrogens with zero attached hydrogens (tertiary/aromatic N) is 1. The molecule has 0 aliphatic carbocycles. The van der Waals surface area contributed by atoms with Crippen molar-refractivity contribution < 1.29 is 14.7 Å². The minimum Gasteiger partial charge on any atom is -0.480 e. The molecule has 1 unspecified atom stereocenters. The molecule has 0 fully saturated rings. The molecular weight excluding hydrogens is 182 g/mol. The second-order valence-electron chi connectivity index (χ2n) is 3.59. The summed E-state index contributed by atoms with van der Waals surface area (Å²) in [5.74, 6) is -1.12. The molecule has 0 bridgehead atoms. The molecule has 82 valence electrons. The second kappa shape index (κ2) is 4.98. The van der Waals surface area contributed by atoms with Crippen molar-refractivity contribution in [2.45, 2.75) is 46.1 Å². The van der Waals surface area contributed by atoms with Crippen molar-refractivity contribution in [1.29, 1.82) is 0 Å². The summed E-state index contributed by atoms with van der Waals surface area (Å²) in [7, 11) is 0. The van der Waals surface area contributed by atoms with E-state index in [4.69, 9.17) is 5.11 Å². The Labute approximate surface area is 84.9 Å². The van der Waals surface area contributed by atoms with Crippen LogP contribution in [-0.2, 0) is 9.59 Å². The van der Waals surface area contributed by atoms with Gasteiger partial charge in [0.2, 0.25) is 5.91 Å². The lowest BCUT2D eigenvalue weighted by molar-refractivity contribution is -0.157. The van der Waals surface area contributed by atoms with Crippen molar-refractivity contribution in [3.8, 4) is 0 Å². The van der Waals surface area contributed by atoms with Crippen LogP contribution in [0.25, 0.3) is 0 Å². The molecule has 0 rings (SSSR count). The van der Waals surface area contributed by atoms with Crippen LogP contribution in [0, 0.1) is 0 Å². The Morgan fingerprint density at radius 1 is 1.36 bits per heavy atom. The number of hydrogen-bond acceptors (Lipinski definition) is 2. The van der Waals surface area contributed by atoms with E-state index in [2.05, 4.69) is 0 Å². The van der Waals surface area contributed by atoms with Crippen LogP contribution in [0.5, 0.6) is 0 Å². The van der Waals surface area contributed by atoms with Gasteiger partial charge >= 0.3 is 5.97 Å². The highest BCUT2D eigenvalue weighted by Gasteiger charge is 2.39. The van der Waals surface area contributed by atoms with Gasteiger partial charge in [-0.1, -0.05) is 13.3 Å². The highest BCUT2D eigenvalue weighted by Crippen LogP contribution is 2.21. The van der Waals surface area contributed by atoms with Crippen molar-refractivity contribution in [2.24, 2.45) is 0 Å². The van der Waals surface area contributed by atoms with Gasteiger partial charge in [-0.25, -0.2) is 4.79 Å². The maximum absolute atomic E-state index is 11.3. The molecule has 1 N–H and O–H groups in total. The fraction of sp³-hybridized carbons (Fsp3) is 0.800. The Balaban J connectivity index is 4.95. The van der Waals surface area contributed by atoms with Crippen LogP contribution in [0.3, 0.4) is 0 Å². The molecular formula is C10H19NO3. The van der Waals surface area contributed by atoms with Crippen LogP contribution < -0.4 is 0 Å². The predicted octanol–water partition coefficient (Wildman–Crippen LogP) is 1.50. The predicted molar refractivity (Wildman–Crippen MR) is 54.0 cm³/mol. The Bertz CT molecular complexity index is 227. The van der Waals surface area contributed by atoms with Crippen LogP contribution in [0.15, 0.2) is 0 Å². The second-order valence-corrected chi connectivity index (χ2v) is 3.59. The number of rotatable bonds is 5. The highest BCUT2D eigenvalue weighted by molar-refractivity contribution is 5.85. The monoisotopic (exact) mass is 201 g/mol. The van der Waals surface area contributed by atoms with Gasteiger partial charge in [0.1, 0.15) is 5.54 Å². The molecule has 0 aliphatic rings. The number of carbonyl (C=O) groups is 2. The number of hydrogen-bond donors (Lipinski definition) is 1. The zero-order valence-corrected chi connectivity index (χ0v) is 9.33. The van der Waals surface area contributed by atoms with Crippen molar-refractivity contribution in [2.75, 3.05) is 6.54 Å². The summed E-state index contributed by atoms with van der Waals surface area (Å²) in [6, 6.07) is 0. The van der Waals surface area contributed by atoms with Crippen molar-refractivity contribution in [3.63, 3.8) is 0 Å². The van der Waals surface area contributed by atoms with Crippen molar-refractivity contribution >= 4 is 11.9 Å². The molecule has 0 aromatic carbocycles. The molecule has 14 heavy (non-hydrogen) atoms. The van der Waals surface area contributed by atoms with E-state index in [-0.39, 0.29) is 5.91 Å². The normalized spacial score (nSPS) is 14.6. The average molecular weight is 201 g/mol. The molecule has 0 heterocycles. The number of carboxylic acid groups (broad SMARTS) is 1. The van der Waals surface area contributed by atoms with Crippen LogP contribution in [0.4, 0.5) is 0 Å². The lowest BCUT2D eigenvalue weighted by atomic mass is 9.94. The molecule has 1 amide bonds. The van der Waals surface area contributed by atoms with Crippen molar-refractivity contribution in [1.82, 2.24) is 4.90 Å². The van der Waals surface area contributed by atoms with E-state index in [9.17, 15) is 9.59 Å². The van der Waals surface area contributed by atoms with E-state index >= 15 is 0 Å². The van der Waals surface area contributed by atoms with Gasteiger partial charge in [0.05, 0.1) is 0 Å². The molecule has 0 aromatic rings. The Hall–Kier alpha value is -1.06. The topological polar surface area (TPSA) is 57.6 Å². The third kappa shape index (κ3) is 2.47. The maximum Gasteiger partial charge on any atom is 0.329 e. The SMILES string of the molecule is CCCC(C)(C(=O)O)N(CC)C(C)=O. The largest absolute Gasteiger partial charge is 0.480 e. The molecule has 0 aliphatic heterocycles. The molecule has 0 saturated heterocycles. The van der Waals surface area contributed by atoms with Crippen LogP contribution >= 0.6 is 0 Å². The first-order chi connectivity index (χ1) is 6.40. The zero-order valence-electron chi connectivity index (χ0n) is 9.33. The zero-order chi connectivity index (χ0) is 11.4. The van der Waals surface area contributed by atoms with E-state index in [0.717, 1.165) is 6.42 Å². The van der Waals surface area contributed by atoms with E-state index < -0.39 is 11.5 Å². The summed E-state index contributed by atoms with van der Waals surface area (Å²) >= 11 is 0. The summed E-state index contributed by atoms with van der Waals surface area (Å²) in [5.41, 5.74) is -1.06. The van der Waals surface area contributed by atoms with Gasteiger partial charge in [-0.05, 0) is 20.3 Å². The minimum atomic E-state index is -1.06. The summed E-state index contributed by atoms with van der Waals surface area (Å²) in [6.45, 7) is 7.13. The van der Waals surface area contributed by atoms with Gasteiger partial charge in [-0.2, -0.15) is 0 Å². The quantitative estimate of drug-likeness (QED) is 0.733. The van der Waals surface area contributed by atoms with Crippen LogP contribution in [-0.4, -0.2) is 34.0 Å². The average Bonchev–Trinajstić information content (AvgIpc) is 2.04. The first-order valence-corrected chi connectivity index (χ1v) is 4.91. The van der Waals surface area contributed by atoms with Gasteiger partial charge in [-0.15, -0.1) is 0 Å². The Kier molecular flexibility index (Phi) is 4.60. The summed E-state index contributed by atoms with van der Waals surface area (Å²) in [5, 5.41) is 9.12. The van der Waals surface area contributed by atoms with Gasteiger partial charge in [0.25, 0.3) is 0 Å². The first kappa shape index (κ1) is 12.9.